The Hall–Kier alpha value is -1.55. The maximum absolute atomic E-state index is 11.8. The smallest absolute Gasteiger partial charge is 0.368 e. The molecule has 0 aliphatic carbocycles. The van der Waals surface area contributed by atoms with Crippen LogP contribution in [-0.2, 0) is 14.2 Å². The summed E-state index contributed by atoms with van der Waals surface area (Å²) in [5.74, 6) is -0.779. The van der Waals surface area contributed by atoms with E-state index in [-0.39, 0.29) is 12.4 Å². The molecule has 0 bridgehead atoms. The molecule has 20 heavy (non-hydrogen) atoms. The van der Waals surface area contributed by atoms with E-state index in [4.69, 9.17) is 19.9 Å². The van der Waals surface area contributed by atoms with Gasteiger partial charge in [0.1, 0.15) is 24.1 Å². The van der Waals surface area contributed by atoms with Crippen LogP contribution < -0.4 is 11.4 Å². The van der Waals surface area contributed by atoms with Gasteiger partial charge in [-0.25, -0.2) is 4.79 Å². The number of nitrogen functional groups attached to an aromatic ring is 1. The lowest BCUT2D eigenvalue weighted by Gasteiger charge is -2.23. The zero-order valence-corrected chi connectivity index (χ0v) is 11.1. The number of hydrogen-bond acceptors (Lipinski definition) is 8. The fraction of sp³-hybridized carbons (Fsp3) is 0.727. The molecular formula is C11H16N4O5. The van der Waals surface area contributed by atoms with E-state index in [1.165, 1.54) is 6.20 Å². The number of hydrogen-bond donors (Lipinski definition) is 2. The van der Waals surface area contributed by atoms with E-state index >= 15 is 0 Å². The molecule has 1 aromatic heterocycles. The van der Waals surface area contributed by atoms with Crippen LogP contribution in [-0.4, -0.2) is 50.6 Å². The van der Waals surface area contributed by atoms with Gasteiger partial charge in [-0.05, 0) is 13.8 Å². The minimum absolute atomic E-state index is 0.0309. The topological polar surface area (TPSA) is 122 Å². The molecule has 2 aliphatic rings. The SMILES string of the molecule is CC1(C)OC2C(O1)[C@@H](CO)O[C@H]2n1ncc(N)nc1=O. The van der Waals surface area contributed by atoms with Gasteiger partial charge in [-0.2, -0.15) is 14.8 Å². The van der Waals surface area contributed by atoms with Crippen molar-refractivity contribution in [1.29, 1.82) is 0 Å². The first kappa shape index (κ1) is 13.4. The van der Waals surface area contributed by atoms with Crippen LogP contribution in [0.15, 0.2) is 11.0 Å². The Morgan fingerprint density at radius 2 is 2.15 bits per heavy atom. The van der Waals surface area contributed by atoms with Gasteiger partial charge in [0.25, 0.3) is 0 Å². The average molecular weight is 284 g/mol. The number of rotatable bonds is 2. The Balaban J connectivity index is 1.96. The van der Waals surface area contributed by atoms with Gasteiger partial charge in [0.05, 0.1) is 12.8 Å². The van der Waals surface area contributed by atoms with Crippen LogP contribution in [0, 0.1) is 0 Å². The third-order valence-corrected chi connectivity index (χ3v) is 3.28. The molecule has 3 heterocycles. The molecule has 2 aliphatic heterocycles. The Labute approximate surface area is 114 Å². The molecule has 2 saturated heterocycles. The average Bonchev–Trinajstić information content (AvgIpc) is 2.83. The largest absolute Gasteiger partial charge is 0.394 e. The summed E-state index contributed by atoms with van der Waals surface area (Å²) < 4.78 is 18.1. The fourth-order valence-electron chi connectivity index (χ4n) is 2.54. The number of nitrogens with zero attached hydrogens (tertiary/aromatic N) is 3. The Morgan fingerprint density at radius 3 is 2.80 bits per heavy atom. The quantitative estimate of drug-likeness (QED) is 0.682. The summed E-state index contributed by atoms with van der Waals surface area (Å²) in [7, 11) is 0. The number of anilines is 1. The molecule has 4 atom stereocenters. The summed E-state index contributed by atoms with van der Waals surface area (Å²) in [6, 6.07) is 0. The summed E-state index contributed by atoms with van der Waals surface area (Å²) in [4.78, 5) is 15.4. The maximum atomic E-state index is 11.8. The first-order valence-electron chi connectivity index (χ1n) is 6.24. The lowest BCUT2D eigenvalue weighted by molar-refractivity contribution is -0.202. The third kappa shape index (κ3) is 2.08. The zero-order chi connectivity index (χ0) is 14.5. The highest BCUT2D eigenvalue weighted by Gasteiger charge is 2.56. The molecule has 110 valence electrons. The molecular weight excluding hydrogens is 268 g/mol. The van der Waals surface area contributed by atoms with Gasteiger partial charge in [0, 0.05) is 0 Å². The number of nitrogens with two attached hydrogens (primary N) is 1. The molecule has 2 unspecified atom stereocenters. The van der Waals surface area contributed by atoms with Crippen LogP contribution in [0.5, 0.6) is 0 Å². The number of aromatic nitrogens is 3. The number of aliphatic hydroxyl groups excluding tert-OH is 1. The lowest BCUT2D eigenvalue weighted by Crippen LogP contribution is -2.36. The van der Waals surface area contributed by atoms with E-state index in [2.05, 4.69) is 10.1 Å². The molecule has 9 heteroatoms. The van der Waals surface area contributed by atoms with Gasteiger partial charge in [-0.15, -0.1) is 0 Å². The molecule has 0 amide bonds. The van der Waals surface area contributed by atoms with Crippen LogP contribution >= 0.6 is 0 Å². The number of aliphatic hydroxyl groups is 1. The summed E-state index contributed by atoms with van der Waals surface area (Å²) in [5.41, 5.74) is 4.77. The lowest BCUT2D eigenvalue weighted by atomic mass is 10.1. The Morgan fingerprint density at radius 1 is 1.45 bits per heavy atom. The molecule has 0 saturated carbocycles. The molecule has 9 nitrogen and oxygen atoms in total. The van der Waals surface area contributed by atoms with Crippen molar-refractivity contribution in [2.75, 3.05) is 12.3 Å². The van der Waals surface area contributed by atoms with Crippen molar-refractivity contribution < 1.29 is 19.3 Å². The van der Waals surface area contributed by atoms with Crippen LogP contribution in [0.25, 0.3) is 0 Å². The van der Waals surface area contributed by atoms with Crippen molar-refractivity contribution >= 4 is 5.82 Å². The van der Waals surface area contributed by atoms with Gasteiger partial charge in [0.15, 0.2) is 12.0 Å². The summed E-state index contributed by atoms with van der Waals surface area (Å²) in [6.07, 6.45) is -1.14. The highest BCUT2D eigenvalue weighted by atomic mass is 16.8. The van der Waals surface area contributed by atoms with Crippen molar-refractivity contribution in [2.45, 2.75) is 44.2 Å². The molecule has 0 aromatic carbocycles. The van der Waals surface area contributed by atoms with Crippen LogP contribution in [0.4, 0.5) is 5.82 Å². The second kappa shape index (κ2) is 4.48. The van der Waals surface area contributed by atoms with Crippen molar-refractivity contribution in [3.8, 4) is 0 Å². The van der Waals surface area contributed by atoms with E-state index in [1.807, 2.05) is 0 Å². The van der Waals surface area contributed by atoms with Gasteiger partial charge in [-0.3, -0.25) is 0 Å². The predicted octanol–water partition coefficient (Wildman–Crippen LogP) is -1.37. The van der Waals surface area contributed by atoms with Crippen LogP contribution in [0.3, 0.4) is 0 Å². The van der Waals surface area contributed by atoms with Crippen LogP contribution in [0.2, 0.25) is 0 Å². The van der Waals surface area contributed by atoms with Gasteiger partial charge < -0.3 is 25.1 Å². The second-order valence-corrected chi connectivity index (χ2v) is 5.22. The number of ether oxygens (including phenoxy) is 3. The minimum Gasteiger partial charge on any atom is -0.394 e. The van der Waals surface area contributed by atoms with Crippen LogP contribution in [0.1, 0.15) is 20.1 Å². The third-order valence-electron chi connectivity index (χ3n) is 3.28. The van der Waals surface area contributed by atoms with E-state index < -0.39 is 36.0 Å². The van der Waals surface area contributed by atoms with Crippen molar-refractivity contribution in [2.24, 2.45) is 0 Å². The van der Waals surface area contributed by atoms with Crippen molar-refractivity contribution in [3.05, 3.63) is 16.7 Å². The van der Waals surface area contributed by atoms with Gasteiger partial charge in [-0.1, -0.05) is 0 Å². The highest BCUT2D eigenvalue weighted by molar-refractivity contribution is 5.19. The maximum Gasteiger partial charge on any atom is 0.368 e. The van der Waals surface area contributed by atoms with Gasteiger partial charge >= 0.3 is 5.69 Å². The van der Waals surface area contributed by atoms with Crippen molar-refractivity contribution in [3.63, 3.8) is 0 Å². The van der Waals surface area contributed by atoms with Crippen molar-refractivity contribution in [1.82, 2.24) is 14.8 Å². The standard InChI is InChI=1S/C11H16N4O5/c1-11(2)19-7-5(4-16)18-9(8(7)20-11)15-10(17)14-6(12)3-13-15/h3,5,7-9,16H,4H2,1-2H3,(H2,12,14,17)/t5-,7?,8?,9-/m1/s1. The first-order chi connectivity index (χ1) is 9.41. The highest BCUT2D eigenvalue weighted by Crippen LogP contribution is 2.42. The zero-order valence-electron chi connectivity index (χ0n) is 11.1. The second-order valence-electron chi connectivity index (χ2n) is 5.22. The fourth-order valence-corrected chi connectivity index (χ4v) is 2.54. The van der Waals surface area contributed by atoms with E-state index in [0.717, 1.165) is 4.68 Å². The van der Waals surface area contributed by atoms with E-state index in [1.54, 1.807) is 13.8 Å². The summed E-state index contributed by atoms with van der Waals surface area (Å²) in [5, 5.41) is 13.3. The molecule has 0 spiro atoms. The summed E-state index contributed by atoms with van der Waals surface area (Å²) >= 11 is 0. The monoisotopic (exact) mass is 284 g/mol. The predicted molar refractivity (Wildman–Crippen MR) is 65.5 cm³/mol. The molecule has 3 N–H and O–H groups in total. The number of fused-ring (bicyclic) bond motifs is 1. The molecule has 0 radical (unpaired) electrons. The molecule has 3 rings (SSSR count). The minimum atomic E-state index is -0.810. The Bertz CT molecular complexity index is 574. The normalized spacial score (nSPS) is 35.1. The van der Waals surface area contributed by atoms with E-state index in [0.29, 0.717) is 0 Å². The molecule has 1 aromatic rings. The van der Waals surface area contributed by atoms with Gasteiger partial charge in [0.2, 0.25) is 0 Å². The Kier molecular flexibility index (Phi) is 3.01. The summed E-state index contributed by atoms with van der Waals surface area (Å²) in [6.45, 7) is 3.27. The van der Waals surface area contributed by atoms with E-state index in [9.17, 15) is 9.90 Å². The molecule has 2 fully saturated rings. The first-order valence-corrected chi connectivity index (χ1v) is 6.24.